The average molecular weight is 488 g/mol. The van der Waals surface area contributed by atoms with Crippen molar-refractivity contribution in [3.05, 3.63) is 53.6 Å². The molecule has 174 valence electrons. The van der Waals surface area contributed by atoms with Crippen LogP contribution in [0.1, 0.15) is 27.2 Å². The van der Waals surface area contributed by atoms with E-state index in [1.807, 2.05) is 32.9 Å². The molecule has 0 aliphatic carbocycles. The second kappa shape index (κ2) is 11.6. The zero-order valence-corrected chi connectivity index (χ0v) is 20.2. The molecule has 0 radical (unpaired) electrons. The smallest absolute Gasteiger partial charge is 0.319 e. The minimum atomic E-state index is -0.754. The topological polar surface area (TPSA) is 105 Å². The molecule has 0 aliphatic heterocycles. The van der Waals surface area contributed by atoms with Gasteiger partial charge in [0.15, 0.2) is 0 Å². The van der Waals surface area contributed by atoms with Gasteiger partial charge >= 0.3 is 6.03 Å². The van der Waals surface area contributed by atoms with Gasteiger partial charge in [-0.15, -0.1) is 10.2 Å². The van der Waals surface area contributed by atoms with Crippen LogP contribution >= 0.6 is 22.9 Å². The fourth-order valence-corrected chi connectivity index (χ4v) is 3.94. The standard InChI is InChI=1S/C23H26ClN5O3S/c1-4-14(3)19(26-22(31)25-17-9-11-18(12-10-17)32-5-2)20(30)27-23-29-28-21(33-23)15-7-6-8-16(24)13-15/h6-14,19H,4-5H2,1-3H3,(H2,25,26,31)(H,27,29,30). The van der Waals surface area contributed by atoms with E-state index in [1.165, 1.54) is 11.3 Å². The molecule has 8 nitrogen and oxygen atoms in total. The van der Waals surface area contributed by atoms with Gasteiger partial charge in [0.1, 0.15) is 16.8 Å². The Morgan fingerprint density at radius 3 is 2.52 bits per heavy atom. The maximum atomic E-state index is 13.0. The van der Waals surface area contributed by atoms with Crippen LogP contribution in [0.15, 0.2) is 48.5 Å². The van der Waals surface area contributed by atoms with Crippen LogP contribution in [-0.2, 0) is 4.79 Å². The summed E-state index contributed by atoms with van der Waals surface area (Å²) in [6, 6.07) is 13.0. The quantitative estimate of drug-likeness (QED) is 0.373. The molecule has 3 amide bonds. The lowest BCUT2D eigenvalue weighted by Gasteiger charge is -2.23. The normalized spacial score (nSPS) is 12.5. The number of amides is 3. The molecule has 10 heteroatoms. The minimum Gasteiger partial charge on any atom is -0.494 e. The molecule has 0 fully saturated rings. The lowest BCUT2D eigenvalue weighted by atomic mass is 9.98. The van der Waals surface area contributed by atoms with Crippen LogP contribution < -0.4 is 20.7 Å². The van der Waals surface area contributed by atoms with Gasteiger partial charge in [-0.25, -0.2) is 4.79 Å². The highest BCUT2D eigenvalue weighted by Gasteiger charge is 2.27. The molecule has 0 bridgehead atoms. The van der Waals surface area contributed by atoms with Gasteiger partial charge in [0.05, 0.1) is 6.61 Å². The molecule has 3 rings (SSSR count). The SMILES string of the molecule is CCOc1ccc(NC(=O)NC(C(=O)Nc2nnc(-c3cccc(Cl)c3)s2)C(C)CC)cc1. The lowest BCUT2D eigenvalue weighted by molar-refractivity contribution is -0.119. The third-order valence-corrected chi connectivity index (χ3v) is 6.05. The number of rotatable bonds is 9. The molecule has 2 aromatic carbocycles. The Labute approximate surface area is 201 Å². The first-order valence-corrected chi connectivity index (χ1v) is 11.8. The van der Waals surface area contributed by atoms with Crippen molar-refractivity contribution in [2.75, 3.05) is 17.2 Å². The molecule has 2 unspecified atom stereocenters. The van der Waals surface area contributed by atoms with Crippen molar-refractivity contribution in [1.82, 2.24) is 15.5 Å². The first kappa shape index (κ1) is 24.5. The number of urea groups is 1. The van der Waals surface area contributed by atoms with Gasteiger partial charge in [-0.3, -0.25) is 10.1 Å². The number of nitrogens with one attached hydrogen (secondary N) is 3. The third kappa shape index (κ3) is 6.90. The van der Waals surface area contributed by atoms with Crippen LogP contribution in [0.2, 0.25) is 5.02 Å². The van der Waals surface area contributed by atoms with Crippen LogP contribution in [-0.4, -0.2) is 34.8 Å². The minimum absolute atomic E-state index is 0.101. The second-order valence-corrected chi connectivity index (χ2v) is 8.74. The highest BCUT2D eigenvalue weighted by molar-refractivity contribution is 7.18. The van der Waals surface area contributed by atoms with Gasteiger partial charge in [0.2, 0.25) is 11.0 Å². The van der Waals surface area contributed by atoms with E-state index in [4.69, 9.17) is 16.3 Å². The van der Waals surface area contributed by atoms with Crippen LogP contribution in [0, 0.1) is 5.92 Å². The summed E-state index contributed by atoms with van der Waals surface area (Å²) in [6.07, 6.45) is 0.700. The van der Waals surface area contributed by atoms with Crippen molar-refractivity contribution >= 4 is 45.7 Å². The van der Waals surface area contributed by atoms with Crippen molar-refractivity contribution in [3.8, 4) is 16.3 Å². The van der Waals surface area contributed by atoms with Crippen molar-refractivity contribution < 1.29 is 14.3 Å². The summed E-state index contributed by atoms with van der Waals surface area (Å²) in [6.45, 7) is 6.33. The van der Waals surface area contributed by atoms with Crippen molar-refractivity contribution in [2.24, 2.45) is 5.92 Å². The zero-order valence-electron chi connectivity index (χ0n) is 18.6. The number of halogens is 1. The molecule has 1 heterocycles. The highest BCUT2D eigenvalue weighted by atomic mass is 35.5. The number of hydrogen-bond acceptors (Lipinski definition) is 6. The maximum absolute atomic E-state index is 13.0. The third-order valence-electron chi connectivity index (χ3n) is 4.93. The van der Waals surface area contributed by atoms with Gasteiger partial charge in [0, 0.05) is 16.3 Å². The van der Waals surface area contributed by atoms with Gasteiger partial charge < -0.3 is 15.4 Å². The van der Waals surface area contributed by atoms with E-state index < -0.39 is 12.1 Å². The molecule has 33 heavy (non-hydrogen) atoms. The molecule has 0 aliphatic rings. The van der Waals surface area contributed by atoms with E-state index in [0.717, 1.165) is 11.3 Å². The zero-order chi connectivity index (χ0) is 23.8. The first-order chi connectivity index (χ1) is 15.9. The molecule has 0 spiro atoms. The van der Waals surface area contributed by atoms with Gasteiger partial charge in [-0.1, -0.05) is 55.3 Å². The van der Waals surface area contributed by atoms with Gasteiger partial charge in [-0.05, 0) is 49.2 Å². The van der Waals surface area contributed by atoms with E-state index in [1.54, 1.807) is 36.4 Å². The predicted molar refractivity (Wildman–Crippen MR) is 132 cm³/mol. The van der Waals surface area contributed by atoms with Crippen LogP contribution in [0.4, 0.5) is 15.6 Å². The van der Waals surface area contributed by atoms with Crippen molar-refractivity contribution in [3.63, 3.8) is 0 Å². The van der Waals surface area contributed by atoms with Crippen molar-refractivity contribution in [1.29, 1.82) is 0 Å². The Balaban J connectivity index is 1.64. The first-order valence-electron chi connectivity index (χ1n) is 10.6. The number of carbonyl (C=O) groups excluding carboxylic acids is 2. The summed E-state index contributed by atoms with van der Waals surface area (Å²) in [5, 5.41) is 18.0. The molecular formula is C23H26ClN5O3S. The molecule has 3 aromatic rings. The maximum Gasteiger partial charge on any atom is 0.319 e. The summed E-state index contributed by atoms with van der Waals surface area (Å²) in [7, 11) is 0. The number of aromatic nitrogens is 2. The number of hydrogen-bond donors (Lipinski definition) is 3. The molecule has 2 atom stereocenters. The number of benzene rings is 2. The number of nitrogens with zero attached hydrogens (tertiary/aromatic N) is 2. The number of ether oxygens (including phenoxy) is 1. The predicted octanol–water partition coefficient (Wildman–Crippen LogP) is 5.43. The fraction of sp³-hybridized carbons (Fsp3) is 0.304. The van der Waals surface area contributed by atoms with E-state index in [-0.39, 0.29) is 11.8 Å². The Kier molecular flexibility index (Phi) is 8.62. The Bertz CT molecular complexity index is 1090. The van der Waals surface area contributed by atoms with E-state index >= 15 is 0 Å². The average Bonchev–Trinajstić information content (AvgIpc) is 3.27. The molecule has 1 aromatic heterocycles. The Hall–Kier alpha value is -3.17. The van der Waals surface area contributed by atoms with E-state index in [2.05, 4.69) is 26.1 Å². The number of carbonyl (C=O) groups is 2. The fourth-order valence-electron chi connectivity index (χ4n) is 3.01. The van der Waals surface area contributed by atoms with Gasteiger partial charge in [-0.2, -0.15) is 0 Å². The lowest BCUT2D eigenvalue weighted by Crippen LogP contribution is -2.49. The molecule has 3 N–H and O–H groups in total. The molecule has 0 saturated carbocycles. The summed E-state index contributed by atoms with van der Waals surface area (Å²) in [4.78, 5) is 25.5. The summed E-state index contributed by atoms with van der Waals surface area (Å²) in [5.74, 6) is 0.255. The molecular weight excluding hydrogens is 462 g/mol. The van der Waals surface area contributed by atoms with Crippen LogP contribution in [0.25, 0.3) is 10.6 Å². The second-order valence-electron chi connectivity index (χ2n) is 7.33. The largest absolute Gasteiger partial charge is 0.494 e. The van der Waals surface area contributed by atoms with Crippen LogP contribution in [0.5, 0.6) is 5.75 Å². The van der Waals surface area contributed by atoms with Crippen LogP contribution in [0.3, 0.4) is 0 Å². The van der Waals surface area contributed by atoms with Crippen molar-refractivity contribution in [2.45, 2.75) is 33.2 Å². The number of anilines is 2. The summed E-state index contributed by atoms with van der Waals surface area (Å²) < 4.78 is 5.40. The van der Waals surface area contributed by atoms with E-state index in [0.29, 0.717) is 33.9 Å². The molecule has 0 saturated heterocycles. The monoisotopic (exact) mass is 487 g/mol. The van der Waals surface area contributed by atoms with Gasteiger partial charge in [0.25, 0.3) is 0 Å². The van der Waals surface area contributed by atoms with E-state index in [9.17, 15) is 9.59 Å². The summed E-state index contributed by atoms with van der Waals surface area (Å²) >= 11 is 7.27. The highest BCUT2D eigenvalue weighted by Crippen LogP contribution is 2.28. The summed E-state index contributed by atoms with van der Waals surface area (Å²) in [5.41, 5.74) is 1.40. The Morgan fingerprint density at radius 1 is 1.09 bits per heavy atom. The Morgan fingerprint density at radius 2 is 1.85 bits per heavy atom.